The van der Waals surface area contributed by atoms with E-state index in [1.54, 1.807) is 50.6 Å². The third-order valence-electron chi connectivity index (χ3n) is 4.87. The van der Waals surface area contributed by atoms with Crippen molar-refractivity contribution in [3.63, 3.8) is 0 Å². The molecule has 3 aromatic rings. The third kappa shape index (κ3) is 5.12. The van der Waals surface area contributed by atoms with Crippen LogP contribution in [0.2, 0.25) is 0 Å². The largest absolute Gasteiger partial charge is 0.497 e. The number of nitrogens with zero attached hydrogens (tertiary/aromatic N) is 2. The van der Waals surface area contributed by atoms with Gasteiger partial charge in [0.1, 0.15) is 23.0 Å². The monoisotopic (exact) mass is 459 g/mol. The maximum Gasteiger partial charge on any atom is 0.261 e. The van der Waals surface area contributed by atoms with E-state index in [4.69, 9.17) is 20.3 Å². The van der Waals surface area contributed by atoms with Gasteiger partial charge in [-0.2, -0.15) is 4.31 Å². The molecule has 2 aromatic carbocycles. The molecular formula is C23H26N2O6S. The second-order valence-corrected chi connectivity index (χ2v) is 8.61. The highest BCUT2D eigenvalue weighted by Gasteiger charge is 2.28. The van der Waals surface area contributed by atoms with Gasteiger partial charge in [-0.1, -0.05) is 18.2 Å². The topological polar surface area (TPSA) is 87.2 Å². The summed E-state index contributed by atoms with van der Waals surface area (Å²) in [6.07, 6.45) is 1.30. The van der Waals surface area contributed by atoms with E-state index >= 15 is 0 Å². The van der Waals surface area contributed by atoms with E-state index in [-0.39, 0.29) is 24.2 Å². The first-order valence-electron chi connectivity index (χ1n) is 10.2. The van der Waals surface area contributed by atoms with Crippen LogP contribution in [0.25, 0.3) is 0 Å². The van der Waals surface area contributed by atoms with E-state index < -0.39 is 10.0 Å². The lowest BCUT2D eigenvalue weighted by molar-refractivity contribution is 0.357. The summed E-state index contributed by atoms with van der Waals surface area (Å²) in [4.78, 5) is 4.00. The summed E-state index contributed by atoms with van der Waals surface area (Å²) in [5.74, 6) is 2.15. The average molecular weight is 460 g/mol. The van der Waals surface area contributed by atoms with Crippen LogP contribution in [-0.4, -0.2) is 46.1 Å². The van der Waals surface area contributed by atoms with Gasteiger partial charge in [-0.3, -0.25) is 0 Å². The number of hydrogen-bond acceptors (Lipinski definition) is 7. The highest BCUT2D eigenvalue weighted by atomic mass is 32.2. The van der Waals surface area contributed by atoms with Crippen LogP contribution in [0.5, 0.6) is 23.0 Å². The van der Waals surface area contributed by atoms with Gasteiger partial charge in [0.05, 0.1) is 29.8 Å². The molecular weight excluding hydrogens is 432 g/mol. The summed E-state index contributed by atoms with van der Waals surface area (Å²) >= 11 is 0. The van der Waals surface area contributed by atoms with Crippen LogP contribution in [0.4, 0.5) is 0 Å². The maximum atomic E-state index is 13.6. The maximum absolute atomic E-state index is 13.6. The van der Waals surface area contributed by atoms with Crippen molar-refractivity contribution in [2.45, 2.75) is 18.1 Å². The molecule has 1 heterocycles. The van der Waals surface area contributed by atoms with E-state index in [0.717, 1.165) is 0 Å². The van der Waals surface area contributed by atoms with E-state index in [2.05, 4.69) is 4.98 Å². The molecule has 0 amide bonds. The van der Waals surface area contributed by atoms with Gasteiger partial charge in [0, 0.05) is 42.5 Å². The van der Waals surface area contributed by atoms with Gasteiger partial charge in [0.15, 0.2) is 5.03 Å². The Labute approximate surface area is 189 Å². The summed E-state index contributed by atoms with van der Waals surface area (Å²) < 4.78 is 57.7. The van der Waals surface area contributed by atoms with Crippen molar-refractivity contribution in [2.75, 3.05) is 28.4 Å². The fraction of sp³-hybridized carbons (Fsp3) is 0.261. The summed E-state index contributed by atoms with van der Waals surface area (Å²) in [6.45, 7) is -0.0107. The summed E-state index contributed by atoms with van der Waals surface area (Å²) in [6, 6.07) is 13.0. The Bertz CT molecular complexity index is 1160. The van der Waals surface area contributed by atoms with Crippen LogP contribution in [0, 0.1) is 0 Å². The normalized spacial score (nSPS) is 11.7. The Balaban J connectivity index is 2.07. The van der Waals surface area contributed by atoms with Gasteiger partial charge in [-0.05, 0) is 24.3 Å². The molecule has 9 heteroatoms. The van der Waals surface area contributed by atoms with Gasteiger partial charge in [0.25, 0.3) is 10.0 Å². The molecule has 32 heavy (non-hydrogen) atoms. The summed E-state index contributed by atoms with van der Waals surface area (Å²) in [5, 5.41) is -0.213. The minimum absolute atomic E-state index is 0.00537. The van der Waals surface area contributed by atoms with Crippen molar-refractivity contribution in [3.05, 3.63) is 71.9 Å². The molecule has 3 rings (SSSR count). The second-order valence-electron chi connectivity index (χ2n) is 6.72. The van der Waals surface area contributed by atoms with Crippen LogP contribution < -0.4 is 18.9 Å². The van der Waals surface area contributed by atoms with Gasteiger partial charge in [-0.15, -0.1) is 0 Å². The Hall–Kier alpha value is -3.30. The SMILES string of the molecule is [2H]c1ccnc(S(=O)(=O)N(Cc2ccc(OC)cc2OC)Cc2ccc(OC)cc2OC)c1. The molecule has 0 aliphatic carbocycles. The van der Waals surface area contributed by atoms with Crippen molar-refractivity contribution >= 4 is 10.0 Å². The first-order chi connectivity index (χ1) is 15.8. The number of hydrogen-bond donors (Lipinski definition) is 0. The zero-order chi connectivity index (χ0) is 24.0. The number of benzene rings is 2. The van der Waals surface area contributed by atoms with Crippen molar-refractivity contribution in [1.29, 1.82) is 0 Å². The van der Waals surface area contributed by atoms with Gasteiger partial charge in [0.2, 0.25) is 0 Å². The number of aromatic nitrogens is 1. The van der Waals surface area contributed by atoms with Crippen LogP contribution in [0.15, 0.2) is 65.8 Å². The molecule has 0 radical (unpaired) electrons. The third-order valence-corrected chi connectivity index (χ3v) is 6.56. The average Bonchev–Trinajstić information content (AvgIpc) is 2.83. The van der Waals surface area contributed by atoms with Crippen LogP contribution in [-0.2, 0) is 23.1 Å². The van der Waals surface area contributed by atoms with E-state index in [1.807, 2.05) is 0 Å². The Morgan fingerprint density at radius 1 is 0.844 bits per heavy atom. The molecule has 170 valence electrons. The molecule has 0 atom stereocenters. The minimum Gasteiger partial charge on any atom is -0.497 e. The zero-order valence-corrected chi connectivity index (χ0v) is 19.2. The lowest BCUT2D eigenvalue weighted by Gasteiger charge is -2.24. The van der Waals surface area contributed by atoms with Crippen LogP contribution in [0.1, 0.15) is 12.5 Å². The standard InChI is InChI=1S/C23H26N2O6S/c1-28-19-10-8-17(21(13-19)30-3)15-25(32(26,27)23-7-5-6-12-24-23)16-18-9-11-20(29-2)14-22(18)31-4/h5-14H,15-16H2,1-4H3/i5D. The van der Waals surface area contributed by atoms with Crippen molar-refractivity contribution < 1.29 is 28.7 Å². The lowest BCUT2D eigenvalue weighted by atomic mass is 10.1. The van der Waals surface area contributed by atoms with E-state index in [9.17, 15) is 8.42 Å². The fourth-order valence-electron chi connectivity index (χ4n) is 3.15. The van der Waals surface area contributed by atoms with Gasteiger partial charge < -0.3 is 18.9 Å². The number of ether oxygens (including phenoxy) is 4. The minimum atomic E-state index is -4.07. The zero-order valence-electron chi connectivity index (χ0n) is 19.4. The van der Waals surface area contributed by atoms with Crippen LogP contribution in [0.3, 0.4) is 0 Å². The highest BCUT2D eigenvalue weighted by molar-refractivity contribution is 7.89. The molecule has 0 saturated carbocycles. The number of methoxy groups -OCH3 is 4. The first-order valence-corrected chi connectivity index (χ1v) is 11.1. The lowest BCUT2D eigenvalue weighted by Crippen LogP contribution is -2.31. The van der Waals surface area contributed by atoms with Crippen molar-refractivity contribution in [2.24, 2.45) is 0 Å². The number of rotatable bonds is 10. The van der Waals surface area contributed by atoms with E-state index in [0.29, 0.717) is 34.1 Å². The van der Waals surface area contributed by atoms with Gasteiger partial charge >= 0.3 is 0 Å². The van der Waals surface area contributed by atoms with E-state index in [1.165, 1.54) is 36.9 Å². The predicted molar refractivity (Wildman–Crippen MR) is 120 cm³/mol. The Kier molecular flexibility index (Phi) is 7.08. The van der Waals surface area contributed by atoms with Crippen molar-refractivity contribution in [3.8, 4) is 23.0 Å². The first kappa shape index (κ1) is 21.9. The number of pyridine rings is 1. The summed E-state index contributed by atoms with van der Waals surface area (Å²) in [7, 11) is 2.03. The quantitative estimate of drug-likeness (QED) is 0.458. The Morgan fingerprint density at radius 2 is 1.38 bits per heavy atom. The molecule has 0 N–H and O–H groups in total. The molecule has 0 spiro atoms. The summed E-state index contributed by atoms with van der Waals surface area (Å²) in [5.41, 5.74) is 1.27. The molecule has 0 fully saturated rings. The number of sulfonamides is 1. The highest BCUT2D eigenvalue weighted by Crippen LogP contribution is 2.31. The predicted octanol–water partition coefficient (Wildman–Crippen LogP) is 3.51. The molecule has 0 bridgehead atoms. The smallest absolute Gasteiger partial charge is 0.261 e. The second kappa shape index (κ2) is 10.3. The molecule has 0 saturated heterocycles. The van der Waals surface area contributed by atoms with Crippen LogP contribution >= 0.6 is 0 Å². The Morgan fingerprint density at radius 3 is 1.81 bits per heavy atom. The fourth-order valence-corrected chi connectivity index (χ4v) is 4.45. The molecule has 1 aromatic heterocycles. The molecule has 0 aliphatic heterocycles. The van der Waals surface area contributed by atoms with Gasteiger partial charge in [-0.25, -0.2) is 13.4 Å². The molecule has 0 aliphatic rings. The molecule has 0 unspecified atom stereocenters. The molecule has 8 nitrogen and oxygen atoms in total. The van der Waals surface area contributed by atoms with Crippen molar-refractivity contribution in [1.82, 2.24) is 9.29 Å².